The summed E-state index contributed by atoms with van der Waals surface area (Å²) >= 11 is 0. The van der Waals surface area contributed by atoms with Crippen LogP contribution in [0.1, 0.15) is 0 Å². The van der Waals surface area contributed by atoms with Gasteiger partial charge in [0.2, 0.25) is 0 Å². The maximum Gasteiger partial charge on any atom is 3.00 e. The molecule has 15 heteroatoms. The molecule has 0 heterocycles. The van der Waals surface area contributed by atoms with Gasteiger partial charge in [0.15, 0.2) is 0 Å². The molecular weight excluding hydrogens is 269 g/mol. The smallest absolute Gasteiger partial charge is 0.693 e. The molecular formula is H9CoN7O7-3. The summed E-state index contributed by atoms with van der Waals surface area (Å²) in [5.74, 6) is 0. The van der Waals surface area contributed by atoms with Crippen LogP contribution in [-0.4, -0.2) is 10.3 Å². The number of hydrogen-bond donors (Lipinski definition) is 1. The Morgan fingerprint density at radius 3 is 0.933 bits per heavy atom. The summed E-state index contributed by atoms with van der Waals surface area (Å²) < 4.78 is 0. The van der Waals surface area contributed by atoms with Gasteiger partial charge in [-0.1, -0.05) is 0 Å². The fourth-order valence-electron chi connectivity index (χ4n) is 0. The maximum absolute atomic E-state index is 8.36. The first kappa shape index (κ1) is 71.2. The molecule has 9 N–H and O–H groups in total. The van der Waals surface area contributed by atoms with Gasteiger partial charge < -0.3 is 50.0 Å². The molecule has 15 heavy (non-hydrogen) atoms. The van der Waals surface area contributed by atoms with Crippen molar-refractivity contribution in [3.63, 3.8) is 0 Å². The Hall–Kier alpha value is -1.65. The van der Waals surface area contributed by atoms with Crippen LogP contribution in [0, 0.1) is 30.3 Å². The van der Waals surface area contributed by atoms with E-state index in [1.165, 1.54) is 0 Å². The van der Waals surface area contributed by atoms with Crippen LogP contribution in [-0.2, 0) is 16.8 Å². The molecule has 0 aliphatic carbocycles. The van der Waals surface area contributed by atoms with Crippen LogP contribution in [0.25, 0.3) is 24.6 Å². The third kappa shape index (κ3) is 483. The second kappa shape index (κ2) is 142. The van der Waals surface area contributed by atoms with Crippen LogP contribution in [0.15, 0.2) is 10.7 Å². The molecule has 0 aromatic rings. The van der Waals surface area contributed by atoms with Gasteiger partial charge in [0.05, 0.1) is 0 Å². The van der Waals surface area contributed by atoms with E-state index < -0.39 is 5.09 Å². The van der Waals surface area contributed by atoms with E-state index in [9.17, 15) is 0 Å². The van der Waals surface area contributed by atoms with Crippen LogP contribution in [0.2, 0.25) is 0 Å². The van der Waals surface area contributed by atoms with Gasteiger partial charge in [0.25, 0.3) is 5.09 Å². The van der Waals surface area contributed by atoms with Crippen LogP contribution < -0.4 is 0 Å². The van der Waals surface area contributed by atoms with Crippen LogP contribution in [0.5, 0.6) is 0 Å². The van der Waals surface area contributed by atoms with Gasteiger partial charge in [0.1, 0.15) is 0 Å². The topological polar surface area (TPSA) is 302 Å². The molecule has 0 saturated heterocycles. The summed E-state index contributed by atoms with van der Waals surface area (Å²) in [5.41, 5.74) is 0. The third-order valence-corrected chi connectivity index (χ3v) is 0. The molecule has 0 aromatic heterocycles. The fourth-order valence-corrected chi connectivity index (χ4v) is 0. The molecule has 0 spiro atoms. The summed E-state index contributed by atoms with van der Waals surface area (Å²) in [6.45, 7) is 0. The standard InChI is InChI=1S/Co.HNO3.2HNO2.4H2N/c;2-1(3)4;2*2-1-3;;;;/h;(H,2,3,4);2*(H,2,3);4*1H2/q+3;;;;4*-1/p-2. The Morgan fingerprint density at radius 2 is 0.933 bits per heavy atom. The van der Waals surface area contributed by atoms with Crippen LogP contribution in [0.3, 0.4) is 0 Å². The molecule has 0 radical (unpaired) electrons. The van der Waals surface area contributed by atoms with Crippen molar-refractivity contribution in [3.05, 3.63) is 54.9 Å². The van der Waals surface area contributed by atoms with Crippen LogP contribution in [0.4, 0.5) is 0 Å². The molecule has 0 aliphatic heterocycles. The van der Waals surface area contributed by atoms with E-state index in [0.717, 1.165) is 10.7 Å². The number of hydrogen-bond acceptors (Lipinski definition) is 8. The molecule has 0 aliphatic rings. The minimum atomic E-state index is -1.50. The van der Waals surface area contributed by atoms with Gasteiger partial charge in [0, 0.05) is 0 Å². The molecule has 14 nitrogen and oxygen atoms in total. The van der Waals surface area contributed by atoms with Crippen molar-refractivity contribution in [1.29, 1.82) is 0 Å². The zero-order valence-corrected chi connectivity index (χ0v) is 7.92. The summed E-state index contributed by atoms with van der Waals surface area (Å²) in [6, 6.07) is 0. The Balaban J connectivity index is -0.00000000707. The first-order valence-corrected chi connectivity index (χ1v) is 1.30. The SMILES string of the molecule is O=N[O-].O=N[O-].O=[N+]([O-])O.[Co+3].[NH2-].[NH2-].[NH2-].[NH2-]. The first-order valence-electron chi connectivity index (χ1n) is 1.30. The summed E-state index contributed by atoms with van der Waals surface area (Å²) in [6.07, 6.45) is 0. The molecule has 0 atom stereocenters. The minimum Gasteiger partial charge on any atom is -0.693 e. The van der Waals surface area contributed by atoms with Crippen molar-refractivity contribution in [2.75, 3.05) is 0 Å². The molecule has 0 aromatic carbocycles. The largest absolute Gasteiger partial charge is 3.00 e. The third-order valence-electron chi connectivity index (χ3n) is 0. The summed E-state index contributed by atoms with van der Waals surface area (Å²) in [7, 11) is 0. The van der Waals surface area contributed by atoms with Crippen LogP contribution >= 0.6 is 0 Å². The first-order chi connectivity index (χ1) is 4.56. The normalized spacial score (nSPS) is 3.20. The fraction of sp³-hybridized carbons (Fsp3) is 0. The Bertz CT molecular complexity index is 87.3. The van der Waals surface area contributed by atoms with Crippen molar-refractivity contribution in [2.24, 2.45) is 10.7 Å². The molecule has 0 bridgehead atoms. The molecule has 0 fully saturated rings. The molecule has 0 unspecified atom stereocenters. The van der Waals surface area contributed by atoms with Gasteiger partial charge in [-0.3, -0.25) is 0 Å². The quantitative estimate of drug-likeness (QED) is 0.391. The second-order valence-electron chi connectivity index (χ2n) is 0.387. The maximum atomic E-state index is 8.36. The van der Waals surface area contributed by atoms with Crippen molar-refractivity contribution in [1.82, 2.24) is 0 Å². The molecule has 0 amide bonds. The average Bonchev–Trinajstić information content (AvgIpc) is 1.65. The predicted octanol–water partition coefficient (Wildman–Crippen LogP) is 3.02. The zero-order valence-electron chi connectivity index (χ0n) is 6.88. The zero-order chi connectivity index (χ0) is 8.99. The second-order valence-corrected chi connectivity index (χ2v) is 0.387. The van der Waals surface area contributed by atoms with Crippen molar-refractivity contribution in [3.8, 4) is 0 Å². The molecule has 0 saturated carbocycles. The van der Waals surface area contributed by atoms with Crippen molar-refractivity contribution >= 4 is 0 Å². The van der Waals surface area contributed by atoms with Crippen molar-refractivity contribution < 1.29 is 27.1 Å². The Labute approximate surface area is 93.5 Å². The van der Waals surface area contributed by atoms with Gasteiger partial charge in [-0.2, -0.15) is 0 Å². The Morgan fingerprint density at radius 1 is 0.933 bits per heavy atom. The van der Waals surface area contributed by atoms with Gasteiger partial charge >= 0.3 is 16.8 Å². The summed E-state index contributed by atoms with van der Waals surface area (Å²) in [4.78, 5) is 24.4. The van der Waals surface area contributed by atoms with E-state index in [1.54, 1.807) is 0 Å². The van der Waals surface area contributed by atoms with E-state index in [1.807, 2.05) is 0 Å². The van der Waals surface area contributed by atoms with E-state index >= 15 is 0 Å². The summed E-state index contributed by atoms with van der Waals surface area (Å²) in [5, 5.41) is 31.6. The average molecular weight is 278 g/mol. The van der Waals surface area contributed by atoms with Gasteiger partial charge in [-0.25, -0.2) is 0 Å². The molecule has 0 rings (SSSR count). The van der Waals surface area contributed by atoms with E-state index in [2.05, 4.69) is 0 Å². The number of nitrogens with zero attached hydrogens (tertiary/aromatic N) is 3. The minimum absolute atomic E-state index is 0. The number of nitrogens with two attached hydrogens (primary N) is 4. The van der Waals surface area contributed by atoms with E-state index in [0.29, 0.717) is 0 Å². The molecule has 98 valence electrons. The van der Waals surface area contributed by atoms with Gasteiger partial charge in [-0.15, -0.1) is 20.8 Å². The van der Waals surface area contributed by atoms with Crippen molar-refractivity contribution in [2.45, 2.75) is 0 Å². The van der Waals surface area contributed by atoms with Gasteiger partial charge in [-0.05, 0) is 0 Å². The number of rotatable bonds is 0. The Kier molecular flexibility index (Phi) is 673. The predicted molar refractivity (Wildman–Crippen MR) is 48.2 cm³/mol. The van der Waals surface area contributed by atoms with E-state index in [-0.39, 0.29) is 41.4 Å². The van der Waals surface area contributed by atoms with E-state index in [4.69, 9.17) is 35.6 Å². The monoisotopic (exact) mass is 278 g/mol.